The van der Waals surface area contributed by atoms with E-state index in [-0.39, 0.29) is 10.8 Å². The molecule has 4 aromatic rings. The molecule has 0 aliphatic carbocycles. The summed E-state index contributed by atoms with van der Waals surface area (Å²) in [7, 11) is -3.65. The zero-order valence-electron chi connectivity index (χ0n) is 17.6. The van der Waals surface area contributed by atoms with Gasteiger partial charge in [0.2, 0.25) is 15.8 Å². The van der Waals surface area contributed by atoms with Gasteiger partial charge in [-0.05, 0) is 42.5 Å². The molecule has 9 heteroatoms. The highest BCUT2D eigenvalue weighted by Gasteiger charge is 2.29. The minimum absolute atomic E-state index is 0.208. The number of piperazine rings is 1. The first kappa shape index (κ1) is 21.6. The van der Waals surface area contributed by atoms with E-state index >= 15 is 0 Å². The fourth-order valence-corrected chi connectivity index (χ4v) is 5.42. The Morgan fingerprint density at radius 1 is 0.818 bits per heavy atom. The molecule has 1 aliphatic heterocycles. The Bertz CT molecular complexity index is 1350. The van der Waals surface area contributed by atoms with Gasteiger partial charge in [-0.1, -0.05) is 53.2 Å². The van der Waals surface area contributed by atoms with E-state index in [0.29, 0.717) is 42.6 Å². The van der Waals surface area contributed by atoms with Crippen molar-refractivity contribution in [2.75, 3.05) is 31.1 Å². The van der Waals surface area contributed by atoms with Crippen molar-refractivity contribution in [3.63, 3.8) is 0 Å². The van der Waals surface area contributed by atoms with Crippen LogP contribution < -0.4 is 4.90 Å². The lowest BCUT2D eigenvalue weighted by atomic mass is 10.2. The van der Waals surface area contributed by atoms with E-state index < -0.39 is 10.0 Å². The summed E-state index contributed by atoms with van der Waals surface area (Å²) in [6, 6.07) is 23.7. The zero-order valence-corrected chi connectivity index (χ0v) is 19.2. The van der Waals surface area contributed by atoms with Gasteiger partial charge in [0.25, 0.3) is 5.89 Å². The lowest BCUT2D eigenvalue weighted by Gasteiger charge is -2.35. The van der Waals surface area contributed by atoms with Gasteiger partial charge in [-0.15, -0.1) is 0 Å². The van der Waals surface area contributed by atoms with Crippen LogP contribution in [0.4, 0.5) is 5.69 Å². The van der Waals surface area contributed by atoms with E-state index in [1.807, 2.05) is 54.6 Å². The van der Waals surface area contributed by atoms with Gasteiger partial charge in [0.1, 0.15) is 0 Å². The maximum atomic E-state index is 13.3. The van der Waals surface area contributed by atoms with Crippen LogP contribution in [0.2, 0.25) is 5.02 Å². The minimum Gasteiger partial charge on any atom is -0.369 e. The maximum Gasteiger partial charge on any atom is 0.258 e. The Labute approximate surface area is 197 Å². The predicted molar refractivity (Wildman–Crippen MR) is 128 cm³/mol. The normalized spacial score (nSPS) is 15.0. The number of nitrogens with zero attached hydrogens (tertiary/aromatic N) is 4. The summed E-state index contributed by atoms with van der Waals surface area (Å²) < 4.78 is 33.5. The number of halogens is 1. The highest BCUT2D eigenvalue weighted by molar-refractivity contribution is 7.89. The van der Waals surface area contributed by atoms with Crippen LogP contribution in [0.15, 0.2) is 88.3 Å². The van der Waals surface area contributed by atoms with E-state index in [9.17, 15) is 8.42 Å². The van der Waals surface area contributed by atoms with Crippen molar-refractivity contribution in [3.8, 4) is 22.8 Å². The number of anilines is 1. The van der Waals surface area contributed by atoms with Crippen LogP contribution in [0.1, 0.15) is 0 Å². The van der Waals surface area contributed by atoms with E-state index in [2.05, 4.69) is 15.0 Å². The maximum absolute atomic E-state index is 13.3. The molecule has 1 aromatic heterocycles. The molecule has 0 N–H and O–H groups in total. The third-order valence-electron chi connectivity index (χ3n) is 5.61. The molecule has 1 fully saturated rings. The van der Waals surface area contributed by atoms with Gasteiger partial charge in [-0.3, -0.25) is 0 Å². The van der Waals surface area contributed by atoms with Crippen LogP contribution in [0.5, 0.6) is 0 Å². The van der Waals surface area contributed by atoms with Crippen molar-refractivity contribution in [1.29, 1.82) is 0 Å². The van der Waals surface area contributed by atoms with Gasteiger partial charge in [-0.25, -0.2) is 8.42 Å². The quantitative estimate of drug-likeness (QED) is 0.416. The van der Waals surface area contributed by atoms with E-state index in [0.717, 1.165) is 11.3 Å². The van der Waals surface area contributed by atoms with Gasteiger partial charge in [0, 0.05) is 48.0 Å². The molecule has 0 bridgehead atoms. The second-order valence-electron chi connectivity index (χ2n) is 7.68. The second-order valence-corrected chi connectivity index (χ2v) is 10.1. The summed E-state index contributed by atoms with van der Waals surface area (Å²) >= 11 is 5.97. The van der Waals surface area contributed by atoms with Gasteiger partial charge in [0.15, 0.2) is 0 Å². The highest BCUT2D eigenvalue weighted by atomic mass is 35.5. The molecular formula is C24H21ClN4O3S. The average molecular weight is 481 g/mol. The highest BCUT2D eigenvalue weighted by Crippen LogP contribution is 2.27. The molecular weight excluding hydrogens is 460 g/mol. The SMILES string of the molecule is O=S(=O)(c1cccc(-c2nc(-c3ccccc3)no2)c1)N1CCN(c2ccc(Cl)cc2)CC1. The molecule has 0 amide bonds. The first-order valence-corrected chi connectivity index (χ1v) is 12.3. The van der Waals surface area contributed by atoms with Crippen molar-refractivity contribution in [2.45, 2.75) is 4.90 Å². The number of aromatic nitrogens is 2. The van der Waals surface area contributed by atoms with Crippen molar-refractivity contribution in [2.24, 2.45) is 0 Å². The third-order valence-corrected chi connectivity index (χ3v) is 7.75. The third kappa shape index (κ3) is 4.50. The molecule has 3 aromatic carbocycles. The topological polar surface area (TPSA) is 79.5 Å². The molecule has 1 saturated heterocycles. The van der Waals surface area contributed by atoms with Gasteiger partial charge in [0.05, 0.1) is 4.90 Å². The number of hydrogen-bond donors (Lipinski definition) is 0. The Morgan fingerprint density at radius 2 is 1.52 bits per heavy atom. The van der Waals surface area contributed by atoms with Crippen molar-refractivity contribution in [1.82, 2.24) is 14.4 Å². The van der Waals surface area contributed by atoms with Crippen LogP contribution in [0, 0.1) is 0 Å². The molecule has 0 spiro atoms. The molecule has 33 heavy (non-hydrogen) atoms. The fourth-order valence-electron chi connectivity index (χ4n) is 3.82. The van der Waals surface area contributed by atoms with E-state index in [4.69, 9.17) is 16.1 Å². The Kier molecular flexibility index (Phi) is 5.88. The summed E-state index contributed by atoms with van der Waals surface area (Å²) in [6.45, 7) is 2.00. The molecule has 5 rings (SSSR count). The van der Waals surface area contributed by atoms with Crippen molar-refractivity contribution < 1.29 is 12.9 Å². The molecule has 0 saturated carbocycles. The van der Waals surface area contributed by atoms with Crippen LogP contribution >= 0.6 is 11.6 Å². The molecule has 2 heterocycles. The van der Waals surface area contributed by atoms with Crippen molar-refractivity contribution in [3.05, 3.63) is 83.9 Å². The zero-order chi connectivity index (χ0) is 22.8. The first-order chi connectivity index (χ1) is 16.0. The Hall–Kier alpha value is -3.20. The molecule has 0 unspecified atom stereocenters. The fraction of sp³-hybridized carbons (Fsp3) is 0.167. The van der Waals surface area contributed by atoms with Crippen LogP contribution in [-0.4, -0.2) is 49.0 Å². The summed E-state index contributed by atoms with van der Waals surface area (Å²) in [4.78, 5) is 6.80. The van der Waals surface area contributed by atoms with Crippen LogP contribution in [0.3, 0.4) is 0 Å². The monoisotopic (exact) mass is 480 g/mol. The first-order valence-electron chi connectivity index (χ1n) is 10.5. The number of benzene rings is 3. The molecule has 168 valence electrons. The number of rotatable bonds is 5. The molecule has 7 nitrogen and oxygen atoms in total. The van der Waals surface area contributed by atoms with Crippen LogP contribution in [-0.2, 0) is 10.0 Å². The predicted octanol–water partition coefficient (Wildman–Crippen LogP) is 4.57. The second kappa shape index (κ2) is 8.97. The largest absolute Gasteiger partial charge is 0.369 e. The minimum atomic E-state index is -3.65. The summed E-state index contributed by atoms with van der Waals surface area (Å²) in [5.74, 6) is 0.732. The van der Waals surface area contributed by atoms with Gasteiger partial charge >= 0.3 is 0 Å². The smallest absolute Gasteiger partial charge is 0.258 e. The summed E-state index contributed by atoms with van der Waals surface area (Å²) in [5.41, 5.74) is 2.42. The standard InChI is InChI=1S/C24H21ClN4O3S/c25-20-9-11-21(12-10-20)28-13-15-29(16-14-28)33(30,31)22-8-4-7-19(17-22)24-26-23(27-32-24)18-5-2-1-3-6-18/h1-12,17H,13-16H2. The summed E-state index contributed by atoms with van der Waals surface area (Å²) in [6.07, 6.45) is 0. The van der Waals surface area contributed by atoms with E-state index in [1.165, 1.54) is 4.31 Å². The number of hydrogen-bond acceptors (Lipinski definition) is 6. The molecule has 0 radical (unpaired) electrons. The number of sulfonamides is 1. The average Bonchev–Trinajstić information content (AvgIpc) is 3.36. The van der Waals surface area contributed by atoms with E-state index in [1.54, 1.807) is 24.3 Å². The molecule has 0 atom stereocenters. The van der Waals surface area contributed by atoms with Gasteiger partial charge < -0.3 is 9.42 Å². The Balaban J connectivity index is 1.33. The van der Waals surface area contributed by atoms with Crippen molar-refractivity contribution >= 4 is 27.3 Å². The summed E-state index contributed by atoms with van der Waals surface area (Å²) in [5, 5.41) is 4.71. The van der Waals surface area contributed by atoms with Crippen LogP contribution in [0.25, 0.3) is 22.8 Å². The lowest BCUT2D eigenvalue weighted by molar-refractivity contribution is 0.385. The lowest BCUT2D eigenvalue weighted by Crippen LogP contribution is -2.48. The molecule has 1 aliphatic rings. The Morgan fingerprint density at radius 3 is 2.24 bits per heavy atom. The van der Waals surface area contributed by atoms with Gasteiger partial charge in [-0.2, -0.15) is 9.29 Å².